The maximum atomic E-state index is 11.4. The Labute approximate surface area is 138 Å². The lowest BCUT2D eigenvalue weighted by Crippen LogP contribution is -2.04. The van der Waals surface area contributed by atoms with Gasteiger partial charge in [-0.15, -0.1) is 0 Å². The summed E-state index contributed by atoms with van der Waals surface area (Å²) in [5.41, 5.74) is 1.25. The average Bonchev–Trinajstić information content (AvgIpc) is 3.14. The second-order valence-corrected chi connectivity index (χ2v) is 4.89. The quantitative estimate of drug-likeness (QED) is 0.673. The molecule has 7 nitrogen and oxygen atoms in total. The van der Waals surface area contributed by atoms with Crippen molar-refractivity contribution in [3.05, 3.63) is 66.2 Å². The fourth-order valence-corrected chi connectivity index (χ4v) is 2.04. The Morgan fingerprint density at radius 1 is 1.21 bits per heavy atom. The molecule has 0 radical (unpaired) electrons. The molecule has 0 unspecified atom stereocenters. The summed E-state index contributed by atoms with van der Waals surface area (Å²) in [6.45, 7) is 0.539. The van der Waals surface area contributed by atoms with Crippen LogP contribution in [0.25, 0.3) is 0 Å². The van der Waals surface area contributed by atoms with Crippen LogP contribution in [-0.2, 0) is 11.3 Å². The molecule has 3 aromatic rings. The van der Waals surface area contributed by atoms with E-state index in [9.17, 15) is 4.79 Å². The van der Waals surface area contributed by atoms with E-state index in [2.05, 4.69) is 25.3 Å². The van der Waals surface area contributed by atoms with Gasteiger partial charge in [-0.1, -0.05) is 0 Å². The summed E-state index contributed by atoms with van der Waals surface area (Å²) in [6, 6.07) is 12.4. The SMILES string of the molecule is COC(=O)c1ccc(Nc2nccc(NCc3ccco3)n2)cc1. The van der Waals surface area contributed by atoms with E-state index >= 15 is 0 Å². The first kappa shape index (κ1) is 15.5. The van der Waals surface area contributed by atoms with Crippen LogP contribution in [0, 0.1) is 0 Å². The molecular weight excluding hydrogens is 308 g/mol. The molecule has 0 amide bonds. The van der Waals surface area contributed by atoms with Gasteiger partial charge in [0, 0.05) is 11.9 Å². The molecule has 2 heterocycles. The third-order valence-corrected chi connectivity index (χ3v) is 3.24. The highest BCUT2D eigenvalue weighted by molar-refractivity contribution is 5.89. The number of benzene rings is 1. The largest absolute Gasteiger partial charge is 0.467 e. The number of aromatic nitrogens is 2. The van der Waals surface area contributed by atoms with Crippen molar-refractivity contribution in [1.29, 1.82) is 0 Å². The number of carbonyl (C=O) groups is 1. The zero-order valence-corrected chi connectivity index (χ0v) is 13.0. The third kappa shape index (κ3) is 3.89. The summed E-state index contributed by atoms with van der Waals surface area (Å²) in [5.74, 6) is 1.57. The van der Waals surface area contributed by atoms with Gasteiger partial charge >= 0.3 is 5.97 Å². The lowest BCUT2D eigenvalue weighted by atomic mass is 10.2. The van der Waals surface area contributed by atoms with E-state index in [-0.39, 0.29) is 5.97 Å². The second kappa shape index (κ2) is 7.28. The number of hydrogen-bond donors (Lipinski definition) is 2. The number of hydrogen-bond acceptors (Lipinski definition) is 7. The maximum absolute atomic E-state index is 11.4. The first-order chi connectivity index (χ1) is 11.7. The molecule has 0 aliphatic heterocycles. The van der Waals surface area contributed by atoms with Crippen LogP contribution >= 0.6 is 0 Å². The van der Waals surface area contributed by atoms with Gasteiger partial charge in [-0.3, -0.25) is 0 Å². The molecule has 122 valence electrons. The zero-order valence-electron chi connectivity index (χ0n) is 13.0. The number of furan rings is 1. The molecule has 0 fully saturated rings. The Morgan fingerprint density at radius 3 is 2.75 bits per heavy atom. The number of esters is 1. The van der Waals surface area contributed by atoms with Crippen molar-refractivity contribution in [2.24, 2.45) is 0 Å². The first-order valence-electron chi connectivity index (χ1n) is 7.29. The Hall–Kier alpha value is -3.35. The molecule has 0 spiro atoms. The van der Waals surface area contributed by atoms with Gasteiger partial charge < -0.3 is 19.8 Å². The van der Waals surface area contributed by atoms with Crippen molar-refractivity contribution < 1.29 is 13.9 Å². The number of nitrogens with zero attached hydrogens (tertiary/aromatic N) is 2. The zero-order chi connectivity index (χ0) is 16.8. The standard InChI is InChI=1S/C17H16N4O3/c1-23-16(22)12-4-6-13(7-5-12)20-17-18-9-8-15(21-17)19-11-14-3-2-10-24-14/h2-10H,11H2,1H3,(H2,18,19,20,21). The average molecular weight is 324 g/mol. The van der Waals surface area contributed by atoms with Gasteiger partial charge in [-0.25, -0.2) is 9.78 Å². The molecule has 0 atom stereocenters. The minimum absolute atomic E-state index is 0.373. The Morgan fingerprint density at radius 2 is 2.04 bits per heavy atom. The van der Waals surface area contributed by atoms with Gasteiger partial charge in [0.1, 0.15) is 11.6 Å². The number of carbonyl (C=O) groups excluding carboxylic acids is 1. The lowest BCUT2D eigenvalue weighted by molar-refractivity contribution is 0.0601. The molecule has 1 aromatic carbocycles. The van der Waals surface area contributed by atoms with Gasteiger partial charge in [-0.2, -0.15) is 4.98 Å². The molecule has 0 bridgehead atoms. The Kier molecular flexibility index (Phi) is 4.71. The Balaban J connectivity index is 1.64. The summed E-state index contributed by atoms with van der Waals surface area (Å²) < 4.78 is 9.93. The van der Waals surface area contributed by atoms with Crippen LogP contribution < -0.4 is 10.6 Å². The van der Waals surface area contributed by atoms with Gasteiger partial charge in [0.05, 0.1) is 25.5 Å². The number of ether oxygens (including phenoxy) is 1. The van der Waals surface area contributed by atoms with Crippen LogP contribution in [-0.4, -0.2) is 23.0 Å². The van der Waals surface area contributed by atoms with Crippen LogP contribution in [0.15, 0.2) is 59.3 Å². The van der Waals surface area contributed by atoms with Crippen LogP contribution in [0.2, 0.25) is 0 Å². The van der Waals surface area contributed by atoms with E-state index < -0.39 is 0 Å². The normalized spacial score (nSPS) is 10.2. The van der Waals surface area contributed by atoms with E-state index in [4.69, 9.17) is 4.42 Å². The maximum Gasteiger partial charge on any atom is 0.337 e. The van der Waals surface area contributed by atoms with E-state index in [1.807, 2.05) is 12.1 Å². The minimum atomic E-state index is -0.373. The minimum Gasteiger partial charge on any atom is -0.467 e. The van der Waals surface area contributed by atoms with Gasteiger partial charge in [-0.05, 0) is 42.5 Å². The monoisotopic (exact) mass is 324 g/mol. The predicted octanol–water partition coefficient (Wildman–Crippen LogP) is 3.21. The van der Waals surface area contributed by atoms with Crippen molar-refractivity contribution in [3.8, 4) is 0 Å². The Bertz CT molecular complexity index is 801. The molecular formula is C17H16N4O3. The summed E-state index contributed by atoms with van der Waals surface area (Å²) in [6.07, 6.45) is 3.28. The molecule has 0 saturated carbocycles. The van der Waals surface area contributed by atoms with Crippen LogP contribution in [0.4, 0.5) is 17.5 Å². The van der Waals surface area contributed by atoms with E-state index in [1.54, 1.807) is 42.8 Å². The summed E-state index contributed by atoms with van der Waals surface area (Å²) in [4.78, 5) is 20.0. The summed E-state index contributed by atoms with van der Waals surface area (Å²) >= 11 is 0. The van der Waals surface area contributed by atoms with Crippen molar-refractivity contribution in [2.45, 2.75) is 6.54 Å². The number of rotatable bonds is 6. The van der Waals surface area contributed by atoms with Crippen molar-refractivity contribution in [2.75, 3.05) is 17.7 Å². The first-order valence-corrected chi connectivity index (χ1v) is 7.29. The molecule has 0 aliphatic rings. The molecule has 0 saturated heterocycles. The molecule has 3 rings (SSSR count). The van der Waals surface area contributed by atoms with Crippen molar-refractivity contribution in [1.82, 2.24) is 9.97 Å². The number of methoxy groups -OCH3 is 1. The van der Waals surface area contributed by atoms with Crippen LogP contribution in [0.3, 0.4) is 0 Å². The third-order valence-electron chi connectivity index (χ3n) is 3.24. The molecule has 0 aliphatic carbocycles. The second-order valence-electron chi connectivity index (χ2n) is 4.89. The van der Waals surface area contributed by atoms with Crippen LogP contribution in [0.1, 0.15) is 16.1 Å². The fourth-order valence-electron chi connectivity index (χ4n) is 2.04. The summed E-state index contributed by atoms with van der Waals surface area (Å²) in [5, 5.41) is 6.24. The lowest BCUT2D eigenvalue weighted by Gasteiger charge is -2.08. The number of anilines is 3. The smallest absolute Gasteiger partial charge is 0.337 e. The van der Waals surface area contributed by atoms with E-state index in [0.29, 0.717) is 23.9 Å². The highest BCUT2D eigenvalue weighted by Gasteiger charge is 2.05. The topological polar surface area (TPSA) is 89.3 Å². The van der Waals surface area contributed by atoms with Crippen molar-refractivity contribution in [3.63, 3.8) is 0 Å². The van der Waals surface area contributed by atoms with Crippen LogP contribution in [0.5, 0.6) is 0 Å². The molecule has 2 aromatic heterocycles. The highest BCUT2D eigenvalue weighted by atomic mass is 16.5. The van der Waals surface area contributed by atoms with E-state index in [1.165, 1.54) is 7.11 Å². The molecule has 2 N–H and O–H groups in total. The fraction of sp³-hybridized carbons (Fsp3) is 0.118. The highest BCUT2D eigenvalue weighted by Crippen LogP contribution is 2.16. The van der Waals surface area contributed by atoms with Gasteiger partial charge in [0.2, 0.25) is 5.95 Å². The number of nitrogens with one attached hydrogen (secondary N) is 2. The molecule has 7 heteroatoms. The van der Waals surface area contributed by atoms with Gasteiger partial charge in [0.25, 0.3) is 0 Å². The predicted molar refractivity (Wildman–Crippen MR) is 89.1 cm³/mol. The van der Waals surface area contributed by atoms with Crippen molar-refractivity contribution >= 4 is 23.4 Å². The summed E-state index contributed by atoms with van der Waals surface area (Å²) in [7, 11) is 1.35. The van der Waals surface area contributed by atoms with E-state index in [0.717, 1.165) is 11.4 Å². The van der Waals surface area contributed by atoms with Gasteiger partial charge in [0.15, 0.2) is 0 Å². The molecule has 24 heavy (non-hydrogen) atoms.